The highest BCUT2D eigenvalue weighted by Crippen LogP contribution is 2.40. The van der Waals surface area contributed by atoms with Gasteiger partial charge in [0.1, 0.15) is 5.75 Å². The van der Waals surface area contributed by atoms with Crippen LogP contribution in [-0.4, -0.2) is 12.2 Å². The zero-order valence-corrected chi connectivity index (χ0v) is 11.1. The molecule has 3 rings (SSSR count). The number of benzene rings is 2. The summed E-state index contributed by atoms with van der Waals surface area (Å²) in [5.74, 6) is 0.848. The van der Waals surface area contributed by atoms with E-state index in [9.17, 15) is 5.11 Å². The van der Waals surface area contributed by atoms with Crippen LogP contribution in [0.4, 0.5) is 0 Å². The molecule has 0 aliphatic heterocycles. The molecule has 2 aromatic rings. The molecule has 2 heteroatoms. The van der Waals surface area contributed by atoms with Crippen LogP contribution in [0.3, 0.4) is 0 Å². The lowest BCUT2D eigenvalue weighted by molar-refractivity contribution is 0.0384. The second-order valence-corrected chi connectivity index (χ2v) is 5.18. The van der Waals surface area contributed by atoms with E-state index in [0.717, 1.165) is 29.7 Å². The van der Waals surface area contributed by atoms with E-state index in [4.69, 9.17) is 4.74 Å². The lowest BCUT2D eigenvalue weighted by atomic mass is 9.88. The smallest absolute Gasteiger partial charge is 0.122 e. The SMILES string of the molecule is COc1ccccc1CC1(O)CCc2ccccc21. The molecule has 0 spiro atoms. The Labute approximate surface area is 113 Å². The predicted molar refractivity (Wildman–Crippen MR) is 75.4 cm³/mol. The van der Waals surface area contributed by atoms with Gasteiger partial charge in [-0.1, -0.05) is 42.5 Å². The molecule has 0 heterocycles. The number of methoxy groups -OCH3 is 1. The average Bonchev–Trinajstić information content (AvgIpc) is 2.78. The standard InChI is InChI=1S/C17H18O2/c1-19-16-9-5-3-7-14(16)12-17(18)11-10-13-6-2-4-8-15(13)17/h2-9,18H,10-12H2,1H3. The fourth-order valence-electron chi connectivity index (χ4n) is 3.02. The molecule has 0 radical (unpaired) electrons. The number of para-hydroxylation sites is 1. The van der Waals surface area contributed by atoms with Gasteiger partial charge >= 0.3 is 0 Å². The summed E-state index contributed by atoms with van der Waals surface area (Å²) >= 11 is 0. The Morgan fingerprint density at radius 3 is 2.68 bits per heavy atom. The molecule has 1 N–H and O–H groups in total. The van der Waals surface area contributed by atoms with Gasteiger partial charge in [-0.3, -0.25) is 0 Å². The molecule has 0 aromatic heterocycles. The second kappa shape index (κ2) is 4.71. The lowest BCUT2D eigenvalue weighted by Gasteiger charge is -2.25. The lowest BCUT2D eigenvalue weighted by Crippen LogP contribution is -2.25. The van der Waals surface area contributed by atoms with E-state index in [1.165, 1.54) is 5.56 Å². The van der Waals surface area contributed by atoms with Crippen molar-refractivity contribution in [1.29, 1.82) is 0 Å². The highest BCUT2D eigenvalue weighted by molar-refractivity contribution is 5.41. The average molecular weight is 254 g/mol. The van der Waals surface area contributed by atoms with Crippen LogP contribution in [0.1, 0.15) is 23.1 Å². The Kier molecular flexibility index (Phi) is 3.03. The summed E-state index contributed by atoms with van der Waals surface area (Å²) in [6, 6.07) is 16.1. The zero-order chi connectivity index (χ0) is 13.3. The molecule has 0 fully saturated rings. The number of ether oxygens (including phenoxy) is 1. The van der Waals surface area contributed by atoms with Crippen LogP contribution in [-0.2, 0) is 18.4 Å². The molecule has 2 aromatic carbocycles. The number of hydrogen-bond donors (Lipinski definition) is 1. The van der Waals surface area contributed by atoms with Gasteiger partial charge in [0.25, 0.3) is 0 Å². The fourth-order valence-corrected chi connectivity index (χ4v) is 3.02. The first kappa shape index (κ1) is 12.2. The fraction of sp³-hybridized carbons (Fsp3) is 0.294. The molecule has 98 valence electrons. The van der Waals surface area contributed by atoms with Crippen LogP contribution in [0.15, 0.2) is 48.5 Å². The minimum absolute atomic E-state index is 0.605. The Hall–Kier alpha value is -1.80. The van der Waals surface area contributed by atoms with Gasteiger partial charge in [-0.25, -0.2) is 0 Å². The molecular weight excluding hydrogens is 236 g/mol. The quantitative estimate of drug-likeness (QED) is 0.912. The number of aryl methyl sites for hydroxylation is 1. The van der Waals surface area contributed by atoms with Crippen molar-refractivity contribution in [2.75, 3.05) is 7.11 Å². The Morgan fingerprint density at radius 1 is 1.11 bits per heavy atom. The summed E-state index contributed by atoms with van der Waals surface area (Å²) in [7, 11) is 1.67. The van der Waals surface area contributed by atoms with Crippen molar-refractivity contribution in [3.63, 3.8) is 0 Å². The molecule has 0 saturated heterocycles. The van der Waals surface area contributed by atoms with E-state index in [2.05, 4.69) is 6.07 Å². The van der Waals surface area contributed by atoms with Crippen LogP contribution in [0.25, 0.3) is 0 Å². The Morgan fingerprint density at radius 2 is 1.84 bits per heavy atom. The first-order valence-corrected chi connectivity index (χ1v) is 6.65. The zero-order valence-electron chi connectivity index (χ0n) is 11.1. The second-order valence-electron chi connectivity index (χ2n) is 5.18. The maximum atomic E-state index is 11.0. The van der Waals surface area contributed by atoms with Crippen molar-refractivity contribution in [3.8, 4) is 5.75 Å². The third kappa shape index (κ3) is 2.13. The van der Waals surface area contributed by atoms with Crippen LogP contribution >= 0.6 is 0 Å². The summed E-state index contributed by atoms with van der Waals surface area (Å²) in [4.78, 5) is 0. The van der Waals surface area contributed by atoms with Crippen LogP contribution in [0, 0.1) is 0 Å². The van der Waals surface area contributed by atoms with Crippen molar-refractivity contribution in [2.45, 2.75) is 24.9 Å². The summed E-state index contributed by atoms with van der Waals surface area (Å²) in [6.07, 6.45) is 2.33. The largest absolute Gasteiger partial charge is 0.496 e. The van der Waals surface area contributed by atoms with Crippen LogP contribution in [0.5, 0.6) is 5.75 Å². The normalized spacial score (nSPS) is 21.2. The molecular formula is C17H18O2. The molecule has 19 heavy (non-hydrogen) atoms. The van der Waals surface area contributed by atoms with Crippen molar-refractivity contribution in [3.05, 3.63) is 65.2 Å². The topological polar surface area (TPSA) is 29.5 Å². The molecule has 2 nitrogen and oxygen atoms in total. The van der Waals surface area contributed by atoms with Gasteiger partial charge in [0.2, 0.25) is 0 Å². The number of aliphatic hydroxyl groups is 1. The Bertz CT molecular complexity index is 591. The Balaban J connectivity index is 1.96. The van der Waals surface area contributed by atoms with E-state index < -0.39 is 5.60 Å². The number of rotatable bonds is 3. The van der Waals surface area contributed by atoms with Gasteiger partial charge in [-0.05, 0) is 35.6 Å². The molecule has 1 atom stereocenters. The first-order valence-electron chi connectivity index (χ1n) is 6.65. The predicted octanol–water partition coefficient (Wildman–Crippen LogP) is 3.07. The van der Waals surface area contributed by atoms with E-state index in [1.807, 2.05) is 42.5 Å². The van der Waals surface area contributed by atoms with E-state index >= 15 is 0 Å². The van der Waals surface area contributed by atoms with E-state index in [0.29, 0.717) is 6.42 Å². The van der Waals surface area contributed by atoms with Crippen LogP contribution in [0.2, 0.25) is 0 Å². The van der Waals surface area contributed by atoms with Gasteiger partial charge in [-0.2, -0.15) is 0 Å². The van der Waals surface area contributed by atoms with Crippen LogP contribution < -0.4 is 4.74 Å². The number of hydrogen-bond acceptors (Lipinski definition) is 2. The first-order chi connectivity index (χ1) is 9.23. The van der Waals surface area contributed by atoms with Gasteiger partial charge in [0.05, 0.1) is 12.7 Å². The highest BCUT2D eigenvalue weighted by Gasteiger charge is 2.36. The maximum absolute atomic E-state index is 11.0. The van der Waals surface area contributed by atoms with Gasteiger partial charge < -0.3 is 9.84 Å². The molecule has 1 aliphatic rings. The van der Waals surface area contributed by atoms with Gasteiger partial charge in [0.15, 0.2) is 0 Å². The van der Waals surface area contributed by atoms with Gasteiger partial charge in [-0.15, -0.1) is 0 Å². The highest BCUT2D eigenvalue weighted by atomic mass is 16.5. The molecule has 0 amide bonds. The summed E-state index contributed by atoms with van der Waals surface area (Å²) in [5, 5.41) is 11.0. The van der Waals surface area contributed by atoms with Crippen molar-refractivity contribution >= 4 is 0 Å². The summed E-state index contributed by atoms with van der Waals surface area (Å²) in [6.45, 7) is 0. The summed E-state index contributed by atoms with van der Waals surface area (Å²) in [5.41, 5.74) is 2.63. The van der Waals surface area contributed by atoms with Crippen molar-refractivity contribution < 1.29 is 9.84 Å². The minimum Gasteiger partial charge on any atom is -0.496 e. The third-order valence-corrected chi connectivity index (χ3v) is 4.00. The molecule has 0 bridgehead atoms. The number of fused-ring (bicyclic) bond motifs is 1. The monoisotopic (exact) mass is 254 g/mol. The minimum atomic E-state index is -0.759. The third-order valence-electron chi connectivity index (χ3n) is 4.00. The molecule has 1 aliphatic carbocycles. The molecule has 0 saturated carbocycles. The van der Waals surface area contributed by atoms with E-state index in [1.54, 1.807) is 7.11 Å². The van der Waals surface area contributed by atoms with Crippen molar-refractivity contribution in [1.82, 2.24) is 0 Å². The summed E-state index contributed by atoms with van der Waals surface area (Å²) < 4.78 is 5.38. The molecule has 1 unspecified atom stereocenters. The van der Waals surface area contributed by atoms with Crippen molar-refractivity contribution in [2.24, 2.45) is 0 Å². The van der Waals surface area contributed by atoms with Gasteiger partial charge in [0, 0.05) is 6.42 Å². The maximum Gasteiger partial charge on any atom is 0.122 e. The van der Waals surface area contributed by atoms with E-state index in [-0.39, 0.29) is 0 Å².